The van der Waals surface area contributed by atoms with Crippen LogP contribution in [0.25, 0.3) is 0 Å². The average Bonchev–Trinajstić information content (AvgIpc) is 2.26. The van der Waals surface area contributed by atoms with Crippen LogP contribution in [0.3, 0.4) is 0 Å². The van der Waals surface area contributed by atoms with E-state index in [4.69, 9.17) is 0 Å². The van der Waals surface area contributed by atoms with Crippen molar-refractivity contribution in [1.82, 2.24) is 0 Å². The van der Waals surface area contributed by atoms with E-state index in [1.54, 1.807) is 0 Å². The van der Waals surface area contributed by atoms with Crippen molar-refractivity contribution in [1.29, 1.82) is 0 Å². The summed E-state index contributed by atoms with van der Waals surface area (Å²) in [6.07, 6.45) is 9.36. The molecule has 1 fully saturated rings. The fraction of sp³-hybridized carbons (Fsp3) is 0.917. The van der Waals surface area contributed by atoms with Crippen LogP contribution in [-0.2, 0) is 4.79 Å². The van der Waals surface area contributed by atoms with E-state index < -0.39 is 0 Å². The number of rotatable bonds is 5. The van der Waals surface area contributed by atoms with Gasteiger partial charge in [0.25, 0.3) is 0 Å². The summed E-state index contributed by atoms with van der Waals surface area (Å²) in [5.41, 5.74) is 0. The van der Waals surface area contributed by atoms with Crippen molar-refractivity contribution < 1.29 is 4.79 Å². The van der Waals surface area contributed by atoms with Crippen LogP contribution in [0.5, 0.6) is 0 Å². The van der Waals surface area contributed by atoms with Gasteiger partial charge in [-0.3, -0.25) is 4.79 Å². The normalized spacial score (nSPS) is 20.7. The highest BCUT2D eigenvalue weighted by molar-refractivity contribution is 7.98. The third kappa shape index (κ3) is 3.64. The molecule has 0 aliphatic heterocycles. The van der Waals surface area contributed by atoms with Crippen LogP contribution in [0, 0.1) is 11.8 Å². The highest BCUT2D eigenvalue weighted by Gasteiger charge is 2.24. The molecule has 1 aliphatic carbocycles. The fourth-order valence-electron chi connectivity index (χ4n) is 2.23. The molecule has 2 heteroatoms. The second kappa shape index (κ2) is 6.49. The van der Waals surface area contributed by atoms with Crippen LogP contribution in [0.4, 0.5) is 0 Å². The maximum Gasteiger partial charge on any atom is 0.138 e. The third-order valence-corrected chi connectivity index (χ3v) is 3.89. The molecule has 0 heterocycles. The van der Waals surface area contributed by atoms with Gasteiger partial charge in [-0.15, -0.1) is 0 Å². The van der Waals surface area contributed by atoms with Gasteiger partial charge in [0.05, 0.1) is 0 Å². The minimum absolute atomic E-state index is 0.297. The van der Waals surface area contributed by atoms with Crippen molar-refractivity contribution in [2.24, 2.45) is 11.8 Å². The van der Waals surface area contributed by atoms with Gasteiger partial charge in [0.2, 0.25) is 0 Å². The third-order valence-electron chi connectivity index (χ3n) is 3.25. The van der Waals surface area contributed by atoms with E-state index in [0.29, 0.717) is 17.6 Å². The highest BCUT2D eigenvalue weighted by atomic mass is 32.2. The average molecular weight is 214 g/mol. The maximum atomic E-state index is 12.0. The lowest BCUT2D eigenvalue weighted by Gasteiger charge is -2.23. The van der Waals surface area contributed by atoms with Gasteiger partial charge in [0.15, 0.2) is 0 Å². The van der Waals surface area contributed by atoms with Gasteiger partial charge in [-0.1, -0.05) is 26.2 Å². The van der Waals surface area contributed by atoms with Gasteiger partial charge in [0.1, 0.15) is 5.78 Å². The maximum absolute atomic E-state index is 12.0. The van der Waals surface area contributed by atoms with Crippen LogP contribution in [0.2, 0.25) is 0 Å². The number of hydrogen-bond acceptors (Lipinski definition) is 2. The number of hydrogen-bond donors (Lipinski definition) is 0. The van der Waals surface area contributed by atoms with E-state index in [9.17, 15) is 4.79 Å². The number of carbonyl (C=O) groups excluding carboxylic acids is 1. The topological polar surface area (TPSA) is 17.1 Å². The zero-order valence-corrected chi connectivity index (χ0v) is 10.2. The molecule has 1 atom stereocenters. The first-order chi connectivity index (χ1) is 6.75. The summed E-state index contributed by atoms with van der Waals surface area (Å²) in [5.74, 6) is 2.37. The lowest BCUT2D eigenvalue weighted by molar-refractivity contribution is -0.127. The molecule has 0 aromatic heterocycles. The standard InChI is InChI=1S/C12H22OS/c1-10(8-9-14-2)12(13)11-6-4-3-5-7-11/h10-11H,3-9H2,1-2H3. The minimum atomic E-state index is 0.297. The summed E-state index contributed by atoms with van der Waals surface area (Å²) in [6.45, 7) is 2.10. The monoisotopic (exact) mass is 214 g/mol. The summed E-state index contributed by atoms with van der Waals surface area (Å²) in [6, 6.07) is 0. The molecular weight excluding hydrogens is 192 g/mol. The Morgan fingerprint density at radius 1 is 1.36 bits per heavy atom. The molecule has 82 valence electrons. The molecule has 1 unspecified atom stereocenters. The zero-order chi connectivity index (χ0) is 10.4. The van der Waals surface area contributed by atoms with Crippen molar-refractivity contribution in [2.45, 2.75) is 45.4 Å². The number of thioether (sulfide) groups is 1. The summed E-state index contributed by atoms with van der Waals surface area (Å²) < 4.78 is 0. The molecule has 14 heavy (non-hydrogen) atoms. The zero-order valence-electron chi connectivity index (χ0n) is 9.42. The molecule has 0 aromatic rings. The summed E-state index contributed by atoms with van der Waals surface area (Å²) in [4.78, 5) is 12.0. The van der Waals surface area contributed by atoms with E-state index in [2.05, 4.69) is 13.2 Å². The first-order valence-electron chi connectivity index (χ1n) is 5.78. The first kappa shape index (κ1) is 12.1. The van der Waals surface area contributed by atoms with E-state index >= 15 is 0 Å². The lowest BCUT2D eigenvalue weighted by atomic mass is 9.81. The molecule has 0 N–H and O–H groups in total. The Kier molecular flexibility index (Phi) is 5.61. The molecule has 1 saturated carbocycles. The Morgan fingerprint density at radius 3 is 2.57 bits per heavy atom. The van der Waals surface area contributed by atoms with Crippen LogP contribution < -0.4 is 0 Å². The van der Waals surface area contributed by atoms with Crippen LogP contribution in [-0.4, -0.2) is 17.8 Å². The van der Waals surface area contributed by atoms with Gasteiger partial charge in [0, 0.05) is 11.8 Å². The van der Waals surface area contributed by atoms with E-state index in [0.717, 1.165) is 25.0 Å². The predicted octanol–water partition coefficient (Wildman–Crippen LogP) is 3.53. The van der Waals surface area contributed by atoms with Gasteiger partial charge in [-0.25, -0.2) is 0 Å². The second-order valence-electron chi connectivity index (χ2n) is 4.42. The molecule has 0 aromatic carbocycles. The minimum Gasteiger partial charge on any atom is -0.299 e. The molecular formula is C12H22OS. The van der Waals surface area contributed by atoms with Crippen LogP contribution in [0.15, 0.2) is 0 Å². The summed E-state index contributed by atoms with van der Waals surface area (Å²) in [7, 11) is 0. The van der Waals surface area contributed by atoms with Crippen molar-refractivity contribution in [3.05, 3.63) is 0 Å². The van der Waals surface area contributed by atoms with Gasteiger partial charge < -0.3 is 0 Å². The van der Waals surface area contributed by atoms with Crippen LogP contribution in [0.1, 0.15) is 45.4 Å². The number of ketones is 1. The molecule has 1 aliphatic rings. The van der Waals surface area contributed by atoms with Crippen molar-refractivity contribution in [3.63, 3.8) is 0 Å². The molecule has 1 rings (SSSR count). The van der Waals surface area contributed by atoms with E-state index in [-0.39, 0.29) is 0 Å². The lowest BCUT2D eigenvalue weighted by Crippen LogP contribution is -2.24. The number of Topliss-reactive ketones (excluding diaryl/α,β-unsaturated/α-hetero) is 1. The van der Waals surface area contributed by atoms with Crippen molar-refractivity contribution in [2.75, 3.05) is 12.0 Å². The molecule has 0 spiro atoms. The SMILES string of the molecule is CSCCC(C)C(=O)C1CCCCC1. The molecule has 0 bridgehead atoms. The van der Waals surface area contributed by atoms with E-state index in [1.165, 1.54) is 19.3 Å². The predicted molar refractivity (Wildman–Crippen MR) is 63.7 cm³/mol. The molecule has 0 amide bonds. The van der Waals surface area contributed by atoms with Crippen molar-refractivity contribution >= 4 is 17.5 Å². The first-order valence-corrected chi connectivity index (χ1v) is 7.17. The molecule has 0 saturated heterocycles. The Hall–Kier alpha value is 0.0200. The second-order valence-corrected chi connectivity index (χ2v) is 5.41. The Morgan fingerprint density at radius 2 is 2.00 bits per heavy atom. The largest absolute Gasteiger partial charge is 0.299 e. The quantitative estimate of drug-likeness (QED) is 0.696. The fourth-order valence-corrected chi connectivity index (χ4v) is 2.82. The number of carbonyl (C=O) groups is 1. The summed E-state index contributed by atoms with van der Waals surface area (Å²) >= 11 is 1.84. The Labute approximate surface area is 92.0 Å². The van der Waals surface area contributed by atoms with Gasteiger partial charge >= 0.3 is 0 Å². The molecule has 1 nitrogen and oxygen atoms in total. The molecule has 0 radical (unpaired) electrons. The van der Waals surface area contributed by atoms with Crippen molar-refractivity contribution in [3.8, 4) is 0 Å². The Bertz CT molecular complexity index is 173. The van der Waals surface area contributed by atoms with Gasteiger partial charge in [-0.05, 0) is 31.3 Å². The van der Waals surface area contributed by atoms with E-state index in [1.807, 2.05) is 11.8 Å². The summed E-state index contributed by atoms with van der Waals surface area (Å²) in [5, 5.41) is 0. The Balaban J connectivity index is 2.30. The smallest absolute Gasteiger partial charge is 0.138 e. The highest BCUT2D eigenvalue weighted by Crippen LogP contribution is 2.27. The van der Waals surface area contributed by atoms with Gasteiger partial charge in [-0.2, -0.15) is 11.8 Å². The van der Waals surface area contributed by atoms with Crippen LogP contribution >= 0.6 is 11.8 Å².